The zero-order chi connectivity index (χ0) is 28.3. The molecule has 5 rings (SSSR count). The Labute approximate surface area is 234 Å². The number of furan rings is 1. The van der Waals surface area contributed by atoms with Crippen molar-refractivity contribution in [3.05, 3.63) is 114 Å². The molecule has 5 aromatic rings. The summed E-state index contributed by atoms with van der Waals surface area (Å²) in [7, 11) is -3.98. The summed E-state index contributed by atoms with van der Waals surface area (Å²) in [4.78, 5) is 11.6. The Kier molecular flexibility index (Phi) is 7.87. The molecule has 4 aromatic carbocycles. The van der Waals surface area contributed by atoms with E-state index in [2.05, 4.69) is 35.1 Å². The molecule has 2 N–H and O–H groups in total. The number of hydrogen-bond donors (Lipinski definition) is 2. The van der Waals surface area contributed by atoms with Crippen molar-refractivity contribution in [3.63, 3.8) is 0 Å². The van der Waals surface area contributed by atoms with Crippen molar-refractivity contribution in [2.75, 3.05) is 0 Å². The third kappa shape index (κ3) is 6.01. The Bertz CT molecular complexity index is 1720. The lowest BCUT2D eigenvalue weighted by molar-refractivity contribution is -0.139. The first-order valence-electron chi connectivity index (χ1n) is 13.2. The standard InChI is InChI=1S/C33H31NO5S/c1-22(2)20-29(33(35)36)34-40(37,38)27-18-16-25(17-19-27)24-12-14-26(15-13-24)32-28-10-6-7-11-30(28)39-31(32)21-23-8-4-3-5-9-23/h3-19,22,29,34H,20-21H2,1-2H3,(H,35,36). The van der Waals surface area contributed by atoms with Crippen molar-refractivity contribution in [2.24, 2.45) is 5.92 Å². The zero-order valence-corrected chi connectivity index (χ0v) is 23.2. The first kappa shape index (κ1) is 27.4. The lowest BCUT2D eigenvalue weighted by atomic mass is 9.96. The second-order valence-corrected chi connectivity index (χ2v) is 12.0. The number of fused-ring (bicyclic) bond motifs is 1. The molecule has 0 amide bonds. The minimum absolute atomic E-state index is 0.0262. The van der Waals surface area contributed by atoms with Gasteiger partial charge in [-0.3, -0.25) is 4.79 Å². The van der Waals surface area contributed by atoms with Gasteiger partial charge in [0.05, 0.1) is 4.90 Å². The molecule has 0 saturated heterocycles. The molecule has 6 nitrogen and oxygen atoms in total. The van der Waals surface area contributed by atoms with Crippen LogP contribution in [0.1, 0.15) is 31.6 Å². The van der Waals surface area contributed by atoms with Crippen molar-refractivity contribution >= 4 is 27.0 Å². The van der Waals surface area contributed by atoms with Crippen LogP contribution in [0.15, 0.2) is 112 Å². The van der Waals surface area contributed by atoms with E-state index in [1.807, 2.05) is 62.4 Å². The molecule has 1 atom stereocenters. The van der Waals surface area contributed by atoms with Crippen LogP contribution in [0.4, 0.5) is 0 Å². The fraction of sp³-hybridized carbons (Fsp3) is 0.182. The minimum atomic E-state index is -3.98. The maximum absolute atomic E-state index is 12.8. The van der Waals surface area contributed by atoms with Gasteiger partial charge >= 0.3 is 5.97 Å². The lowest BCUT2D eigenvalue weighted by Crippen LogP contribution is -2.41. The van der Waals surface area contributed by atoms with Crippen molar-refractivity contribution in [1.82, 2.24) is 4.72 Å². The first-order chi connectivity index (χ1) is 19.2. The number of carboxylic acids is 1. The van der Waals surface area contributed by atoms with Gasteiger partial charge in [0, 0.05) is 17.4 Å². The molecule has 40 heavy (non-hydrogen) atoms. The molecule has 0 radical (unpaired) electrons. The van der Waals surface area contributed by atoms with Gasteiger partial charge in [-0.1, -0.05) is 98.8 Å². The predicted octanol–water partition coefficient (Wildman–Crippen LogP) is 7.14. The largest absolute Gasteiger partial charge is 0.480 e. The topological polar surface area (TPSA) is 96.6 Å². The third-order valence-electron chi connectivity index (χ3n) is 6.85. The quantitative estimate of drug-likeness (QED) is 0.192. The number of sulfonamides is 1. The highest BCUT2D eigenvalue weighted by Gasteiger charge is 2.26. The molecule has 0 aliphatic carbocycles. The molecule has 1 heterocycles. The van der Waals surface area contributed by atoms with Crippen LogP contribution in [0.5, 0.6) is 0 Å². The molecule has 7 heteroatoms. The highest BCUT2D eigenvalue weighted by Crippen LogP contribution is 2.37. The van der Waals surface area contributed by atoms with E-state index < -0.39 is 22.0 Å². The Morgan fingerprint density at radius 3 is 2.00 bits per heavy atom. The Morgan fingerprint density at radius 2 is 1.38 bits per heavy atom. The van der Waals surface area contributed by atoms with Gasteiger partial charge in [-0.25, -0.2) is 8.42 Å². The number of carbonyl (C=O) groups is 1. The number of nitrogens with one attached hydrogen (secondary N) is 1. The summed E-state index contributed by atoms with van der Waals surface area (Å²) in [6.07, 6.45) is 0.883. The molecule has 0 saturated carbocycles. The smallest absolute Gasteiger partial charge is 0.321 e. The van der Waals surface area contributed by atoms with E-state index >= 15 is 0 Å². The summed E-state index contributed by atoms with van der Waals surface area (Å²) in [5, 5.41) is 10.5. The maximum Gasteiger partial charge on any atom is 0.321 e. The van der Waals surface area contributed by atoms with E-state index in [9.17, 15) is 18.3 Å². The molecule has 1 unspecified atom stereocenters. The van der Waals surface area contributed by atoms with Crippen LogP contribution in [0.25, 0.3) is 33.2 Å². The maximum atomic E-state index is 12.8. The average Bonchev–Trinajstić information content (AvgIpc) is 3.30. The van der Waals surface area contributed by atoms with Gasteiger partial charge in [0.2, 0.25) is 10.0 Å². The fourth-order valence-corrected chi connectivity index (χ4v) is 6.10. The van der Waals surface area contributed by atoms with Gasteiger partial charge in [0.15, 0.2) is 0 Å². The summed E-state index contributed by atoms with van der Waals surface area (Å²) in [5.41, 5.74) is 5.89. The van der Waals surface area contributed by atoms with Gasteiger partial charge in [-0.15, -0.1) is 0 Å². The van der Waals surface area contributed by atoms with Crippen molar-refractivity contribution in [1.29, 1.82) is 0 Å². The molecule has 0 aliphatic heterocycles. The second-order valence-electron chi connectivity index (χ2n) is 10.3. The van der Waals surface area contributed by atoms with E-state index in [1.54, 1.807) is 12.1 Å². The van der Waals surface area contributed by atoms with Gasteiger partial charge in [0.25, 0.3) is 0 Å². The molecule has 0 aliphatic rings. The summed E-state index contributed by atoms with van der Waals surface area (Å²) in [6, 6.07) is 31.7. The molecule has 0 spiro atoms. The van der Waals surface area contributed by atoms with E-state index in [0.717, 1.165) is 39.0 Å². The van der Waals surface area contributed by atoms with E-state index in [-0.39, 0.29) is 17.2 Å². The molecular formula is C33H31NO5S. The molecule has 204 valence electrons. The van der Waals surface area contributed by atoms with Crippen molar-refractivity contribution in [3.8, 4) is 22.3 Å². The van der Waals surface area contributed by atoms with Gasteiger partial charge in [-0.2, -0.15) is 4.72 Å². The van der Waals surface area contributed by atoms with Gasteiger partial charge in [0.1, 0.15) is 17.4 Å². The van der Waals surface area contributed by atoms with Crippen LogP contribution >= 0.6 is 0 Å². The molecule has 0 bridgehead atoms. The van der Waals surface area contributed by atoms with Crippen LogP contribution in [0.3, 0.4) is 0 Å². The van der Waals surface area contributed by atoms with Gasteiger partial charge in [-0.05, 0) is 52.8 Å². The van der Waals surface area contributed by atoms with Crippen LogP contribution in [0.2, 0.25) is 0 Å². The fourth-order valence-electron chi connectivity index (χ4n) is 4.90. The average molecular weight is 554 g/mol. The number of hydrogen-bond acceptors (Lipinski definition) is 4. The number of carboxylic acid groups (broad SMARTS) is 1. The molecule has 1 aromatic heterocycles. The number of para-hydroxylation sites is 1. The van der Waals surface area contributed by atoms with Gasteiger partial charge < -0.3 is 9.52 Å². The highest BCUT2D eigenvalue weighted by molar-refractivity contribution is 7.89. The van der Waals surface area contributed by atoms with E-state index in [4.69, 9.17) is 4.42 Å². The molecule has 0 fully saturated rings. The number of benzene rings is 4. The van der Waals surface area contributed by atoms with Crippen molar-refractivity contribution in [2.45, 2.75) is 37.6 Å². The first-order valence-corrected chi connectivity index (χ1v) is 14.7. The Morgan fingerprint density at radius 1 is 0.800 bits per heavy atom. The normalized spacial score (nSPS) is 12.6. The SMILES string of the molecule is CC(C)CC(NS(=O)(=O)c1ccc(-c2ccc(-c3c(Cc4ccccc4)oc4ccccc34)cc2)cc1)C(=O)O. The molecular weight excluding hydrogens is 522 g/mol. The van der Waals surface area contributed by atoms with Crippen LogP contribution in [-0.4, -0.2) is 25.5 Å². The van der Waals surface area contributed by atoms with Crippen LogP contribution in [-0.2, 0) is 21.2 Å². The van der Waals surface area contributed by atoms with E-state index in [1.165, 1.54) is 17.7 Å². The number of aliphatic carboxylic acids is 1. The Hall–Kier alpha value is -4.20. The second kappa shape index (κ2) is 11.5. The summed E-state index contributed by atoms with van der Waals surface area (Å²) in [5.74, 6) is -0.255. The lowest BCUT2D eigenvalue weighted by Gasteiger charge is -2.16. The highest BCUT2D eigenvalue weighted by atomic mass is 32.2. The summed E-state index contributed by atoms with van der Waals surface area (Å²) < 4.78 is 34.3. The van der Waals surface area contributed by atoms with E-state index in [0.29, 0.717) is 6.42 Å². The number of rotatable bonds is 10. The monoisotopic (exact) mass is 553 g/mol. The van der Waals surface area contributed by atoms with Crippen LogP contribution < -0.4 is 4.72 Å². The minimum Gasteiger partial charge on any atom is -0.480 e. The summed E-state index contributed by atoms with van der Waals surface area (Å²) in [6.45, 7) is 3.70. The predicted molar refractivity (Wildman–Crippen MR) is 158 cm³/mol. The zero-order valence-electron chi connectivity index (χ0n) is 22.4. The van der Waals surface area contributed by atoms with Crippen molar-refractivity contribution < 1.29 is 22.7 Å². The summed E-state index contributed by atoms with van der Waals surface area (Å²) >= 11 is 0. The third-order valence-corrected chi connectivity index (χ3v) is 8.34. The van der Waals surface area contributed by atoms with Crippen LogP contribution in [0, 0.1) is 5.92 Å². The Balaban J connectivity index is 1.40.